The van der Waals surface area contributed by atoms with Crippen LogP contribution in [-0.4, -0.2) is 43.9 Å². The van der Waals surface area contributed by atoms with E-state index < -0.39 is 0 Å². The molecule has 0 aliphatic carbocycles. The number of aromatic hydroxyl groups is 1. The molecule has 1 aromatic carbocycles. The maximum Gasteiger partial charge on any atom is 0.160 e. The molecule has 0 radical (unpaired) electrons. The lowest BCUT2D eigenvalue weighted by atomic mass is 9.97. The van der Waals surface area contributed by atoms with E-state index in [0.29, 0.717) is 11.3 Å². The largest absolute Gasteiger partial charge is 0.507 e. The molecule has 1 aliphatic heterocycles. The van der Waals surface area contributed by atoms with Crippen molar-refractivity contribution >= 4 is 28.8 Å². The molecule has 6 nitrogen and oxygen atoms in total. The van der Waals surface area contributed by atoms with Gasteiger partial charge in [-0.05, 0) is 25.1 Å². The fourth-order valence-corrected chi connectivity index (χ4v) is 3.81. The van der Waals surface area contributed by atoms with Crippen LogP contribution in [0, 0.1) is 0 Å². The van der Waals surface area contributed by atoms with Crippen molar-refractivity contribution in [2.75, 3.05) is 13.6 Å². The van der Waals surface area contributed by atoms with E-state index in [1.165, 1.54) is 11.3 Å². The molecule has 1 atom stereocenters. The zero-order valence-electron chi connectivity index (χ0n) is 14.1. The Morgan fingerprint density at radius 2 is 2.16 bits per heavy atom. The minimum Gasteiger partial charge on any atom is -0.507 e. The molecule has 7 heteroatoms. The second kappa shape index (κ2) is 6.07. The summed E-state index contributed by atoms with van der Waals surface area (Å²) in [5.74, 6) is 0.200. The lowest BCUT2D eigenvalue weighted by Crippen LogP contribution is -2.36. The standard InChI is InChI=1S/C18H19N5OS/c1-10-16-12-9-14(11-5-3-4-6-15(11)24)21-22-17(12)20-13(16)7-8-23(10)18(25)19-2/h3-6,9-10,24H,7-8H2,1-2H3,(H,19,25)(H,20,22)/t10-/m1/s1. The number of para-hydroxylation sites is 1. The lowest BCUT2D eigenvalue weighted by molar-refractivity contribution is 0.325. The number of amidine groups is 1. The number of aromatic nitrogens is 3. The van der Waals surface area contributed by atoms with Gasteiger partial charge in [0.15, 0.2) is 10.8 Å². The summed E-state index contributed by atoms with van der Waals surface area (Å²) in [6, 6.07) is 9.30. The Kier molecular flexibility index (Phi) is 3.88. The van der Waals surface area contributed by atoms with Gasteiger partial charge in [0.25, 0.3) is 0 Å². The monoisotopic (exact) mass is 353 g/mol. The van der Waals surface area contributed by atoms with E-state index in [1.807, 2.05) is 18.2 Å². The number of rotatable bonds is 1. The fraction of sp³-hybridized carbons (Fsp3) is 0.278. The normalized spacial score (nSPS) is 17.8. The van der Waals surface area contributed by atoms with Crippen LogP contribution in [0.15, 0.2) is 35.3 Å². The van der Waals surface area contributed by atoms with Crippen molar-refractivity contribution < 1.29 is 5.11 Å². The average Bonchev–Trinajstić information content (AvgIpc) is 3.00. The molecular weight excluding hydrogens is 334 g/mol. The zero-order chi connectivity index (χ0) is 17.6. The molecule has 0 bridgehead atoms. The van der Waals surface area contributed by atoms with Gasteiger partial charge in [-0.2, -0.15) is 0 Å². The van der Waals surface area contributed by atoms with Crippen LogP contribution >= 0.6 is 12.6 Å². The first-order valence-corrected chi connectivity index (χ1v) is 8.63. The van der Waals surface area contributed by atoms with Crippen LogP contribution in [0.3, 0.4) is 0 Å². The van der Waals surface area contributed by atoms with Gasteiger partial charge in [0, 0.05) is 42.2 Å². The van der Waals surface area contributed by atoms with Gasteiger partial charge in [-0.25, -0.2) is 0 Å². The summed E-state index contributed by atoms with van der Waals surface area (Å²) in [5.41, 5.74) is 4.49. The number of hydrogen-bond donors (Lipinski definition) is 3. The smallest absolute Gasteiger partial charge is 0.160 e. The summed E-state index contributed by atoms with van der Waals surface area (Å²) in [5, 5.41) is 20.5. The molecule has 0 saturated carbocycles. The van der Waals surface area contributed by atoms with Gasteiger partial charge in [0.2, 0.25) is 0 Å². The summed E-state index contributed by atoms with van der Waals surface area (Å²) in [6.45, 7) is 3.00. The quantitative estimate of drug-likeness (QED) is 0.357. The Morgan fingerprint density at radius 3 is 2.92 bits per heavy atom. The highest BCUT2D eigenvalue weighted by atomic mass is 32.1. The molecule has 0 spiro atoms. The molecule has 3 aromatic rings. The summed E-state index contributed by atoms with van der Waals surface area (Å²) in [7, 11) is 1.75. The number of nitrogens with zero attached hydrogens (tertiary/aromatic N) is 4. The van der Waals surface area contributed by atoms with Gasteiger partial charge in [-0.15, -0.1) is 22.8 Å². The zero-order valence-corrected chi connectivity index (χ0v) is 15.0. The van der Waals surface area contributed by atoms with E-state index in [1.54, 1.807) is 19.2 Å². The Hall–Kier alpha value is -2.54. The van der Waals surface area contributed by atoms with Crippen molar-refractivity contribution in [2.24, 2.45) is 4.99 Å². The lowest BCUT2D eigenvalue weighted by Gasteiger charge is -2.34. The molecule has 25 heavy (non-hydrogen) atoms. The Labute approximate surface area is 151 Å². The first-order chi connectivity index (χ1) is 12.1. The van der Waals surface area contributed by atoms with Crippen molar-refractivity contribution in [3.05, 3.63) is 41.6 Å². The first kappa shape index (κ1) is 16.0. The highest BCUT2D eigenvalue weighted by Crippen LogP contribution is 2.37. The molecule has 128 valence electrons. The van der Waals surface area contributed by atoms with Crippen LogP contribution in [0.4, 0.5) is 0 Å². The molecule has 2 N–H and O–H groups in total. The number of nitrogens with one attached hydrogen (secondary N) is 1. The molecule has 0 unspecified atom stereocenters. The minimum absolute atomic E-state index is 0.134. The number of hydrogen-bond acceptors (Lipinski definition) is 4. The number of thiol groups is 1. The SMILES string of the molecule is C/N=C(\S)N1CCc2[nH]c3nnc(-c4ccccc4O)cc3c2[C@H]1C. The summed E-state index contributed by atoms with van der Waals surface area (Å²) in [4.78, 5) is 9.78. The number of aliphatic imine (C=N–C) groups is 1. The van der Waals surface area contributed by atoms with Gasteiger partial charge in [-0.3, -0.25) is 4.99 Å². The maximum atomic E-state index is 10.1. The van der Waals surface area contributed by atoms with Crippen LogP contribution in [0.5, 0.6) is 5.75 Å². The van der Waals surface area contributed by atoms with Crippen LogP contribution in [-0.2, 0) is 6.42 Å². The molecule has 3 heterocycles. The fourth-order valence-electron chi connectivity index (χ4n) is 3.54. The Morgan fingerprint density at radius 1 is 1.36 bits per heavy atom. The molecule has 0 amide bonds. The van der Waals surface area contributed by atoms with Crippen molar-refractivity contribution in [3.63, 3.8) is 0 Å². The van der Waals surface area contributed by atoms with Gasteiger partial charge in [0.05, 0.1) is 11.7 Å². The first-order valence-electron chi connectivity index (χ1n) is 8.19. The predicted octanol–water partition coefficient (Wildman–Crippen LogP) is 3.17. The van der Waals surface area contributed by atoms with E-state index >= 15 is 0 Å². The molecule has 2 aromatic heterocycles. The topological polar surface area (TPSA) is 77.4 Å². The van der Waals surface area contributed by atoms with E-state index in [0.717, 1.165) is 29.2 Å². The summed E-state index contributed by atoms with van der Waals surface area (Å²) < 4.78 is 0. The number of phenolic OH excluding ortho intramolecular Hbond substituents is 1. The third-order valence-electron chi connectivity index (χ3n) is 4.80. The van der Waals surface area contributed by atoms with Crippen LogP contribution in [0.2, 0.25) is 0 Å². The van der Waals surface area contributed by atoms with E-state index in [-0.39, 0.29) is 11.8 Å². The maximum absolute atomic E-state index is 10.1. The predicted molar refractivity (Wildman–Crippen MR) is 102 cm³/mol. The van der Waals surface area contributed by atoms with Gasteiger partial charge in [0.1, 0.15) is 5.75 Å². The minimum atomic E-state index is 0.134. The van der Waals surface area contributed by atoms with Crippen molar-refractivity contribution in [2.45, 2.75) is 19.4 Å². The Bertz CT molecular complexity index is 981. The molecule has 4 rings (SSSR count). The second-order valence-electron chi connectivity index (χ2n) is 6.17. The molecular formula is C18H19N5OS. The number of benzene rings is 1. The highest BCUT2D eigenvalue weighted by Gasteiger charge is 2.29. The van der Waals surface area contributed by atoms with Crippen LogP contribution in [0.1, 0.15) is 24.2 Å². The van der Waals surface area contributed by atoms with Gasteiger partial charge < -0.3 is 15.0 Å². The third kappa shape index (κ3) is 2.55. The number of aromatic amines is 1. The van der Waals surface area contributed by atoms with E-state index in [4.69, 9.17) is 0 Å². The average molecular weight is 353 g/mol. The molecule has 1 aliphatic rings. The number of phenols is 1. The second-order valence-corrected chi connectivity index (χ2v) is 6.57. The van der Waals surface area contributed by atoms with Gasteiger partial charge in [-0.1, -0.05) is 12.1 Å². The van der Waals surface area contributed by atoms with E-state index in [2.05, 4.69) is 44.6 Å². The third-order valence-corrected chi connectivity index (χ3v) is 5.26. The summed E-state index contributed by atoms with van der Waals surface area (Å²) in [6.07, 6.45) is 0.877. The van der Waals surface area contributed by atoms with E-state index in [9.17, 15) is 5.11 Å². The van der Waals surface area contributed by atoms with Crippen LogP contribution in [0.25, 0.3) is 22.3 Å². The summed E-state index contributed by atoms with van der Waals surface area (Å²) >= 11 is 4.49. The highest BCUT2D eigenvalue weighted by molar-refractivity contribution is 7.96. The van der Waals surface area contributed by atoms with Crippen molar-refractivity contribution in [1.29, 1.82) is 0 Å². The van der Waals surface area contributed by atoms with Crippen LogP contribution < -0.4 is 0 Å². The molecule has 0 fully saturated rings. The Balaban J connectivity index is 1.87. The molecule has 0 saturated heterocycles. The van der Waals surface area contributed by atoms with Gasteiger partial charge >= 0.3 is 0 Å². The van der Waals surface area contributed by atoms with Crippen molar-refractivity contribution in [1.82, 2.24) is 20.1 Å². The number of H-pyrrole nitrogens is 1. The number of fused-ring (bicyclic) bond motifs is 3. The van der Waals surface area contributed by atoms with Crippen molar-refractivity contribution in [3.8, 4) is 17.0 Å².